The van der Waals surface area contributed by atoms with Gasteiger partial charge in [-0.1, -0.05) is 40.2 Å². The lowest BCUT2D eigenvalue weighted by molar-refractivity contribution is 0.0521. The minimum atomic E-state index is -0.559. The number of likely N-dealkylation sites (N-methyl/N-ethyl adjacent to an activating group) is 1. The number of rotatable bonds is 4. The standard InChI is InChI=1S/C22H26BrN3O2/c1-24-10-11-26(22(28)20-7-6-18(23)12-21(20)24)15-19(27)14-25-9-8-16-4-2-3-5-17(16)13-25/h2-7,12,19,27H,8-11,13-15H2,1H3/t19-/m1/s1. The van der Waals surface area contributed by atoms with Crippen LogP contribution in [-0.4, -0.2) is 66.7 Å². The van der Waals surface area contributed by atoms with Gasteiger partial charge in [-0.3, -0.25) is 9.69 Å². The molecule has 6 heteroatoms. The third-order valence-corrected chi connectivity index (χ3v) is 6.20. The summed E-state index contributed by atoms with van der Waals surface area (Å²) < 4.78 is 0.963. The van der Waals surface area contributed by atoms with E-state index >= 15 is 0 Å². The highest BCUT2D eigenvalue weighted by molar-refractivity contribution is 9.10. The Morgan fingerprint density at radius 2 is 1.86 bits per heavy atom. The molecular weight excluding hydrogens is 418 g/mol. The molecule has 2 aliphatic rings. The predicted molar refractivity (Wildman–Crippen MR) is 115 cm³/mol. The van der Waals surface area contributed by atoms with E-state index in [1.165, 1.54) is 11.1 Å². The van der Waals surface area contributed by atoms with Crippen molar-refractivity contribution < 1.29 is 9.90 Å². The summed E-state index contributed by atoms with van der Waals surface area (Å²) in [5.74, 6) is -0.00473. The number of carbonyl (C=O) groups excluding carboxylic acids is 1. The maximum atomic E-state index is 13.0. The summed E-state index contributed by atoms with van der Waals surface area (Å²) in [6.45, 7) is 4.12. The number of fused-ring (bicyclic) bond motifs is 2. The van der Waals surface area contributed by atoms with Gasteiger partial charge >= 0.3 is 0 Å². The number of β-amino-alcohol motifs (C(OH)–C–C–N with tert-alkyl or cyclic N) is 1. The van der Waals surface area contributed by atoms with Crippen LogP contribution in [0.3, 0.4) is 0 Å². The summed E-state index contributed by atoms with van der Waals surface area (Å²) in [4.78, 5) is 19.2. The molecule has 2 aromatic carbocycles. The third kappa shape index (κ3) is 4.09. The molecule has 28 heavy (non-hydrogen) atoms. The summed E-state index contributed by atoms with van der Waals surface area (Å²) in [5, 5.41) is 10.7. The van der Waals surface area contributed by atoms with E-state index in [1.807, 2.05) is 25.2 Å². The zero-order valence-corrected chi connectivity index (χ0v) is 17.7. The average molecular weight is 444 g/mol. The van der Waals surface area contributed by atoms with Crippen LogP contribution in [0.15, 0.2) is 46.9 Å². The van der Waals surface area contributed by atoms with E-state index in [4.69, 9.17) is 0 Å². The van der Waals surface area contributed by atoms with E-state index in [9.17, 15) is 9.90 Å². The Labute approximate surface area is 174 Å². The number of aliphatic hydroxyl groups is 1. The molecule has 0 saturated heterocycles. The van der Waals surface area contributed by atoms with Crippen LogP contribution in [0.5, 0.6) is 0 Å². The molecule has 0 bridgehead atoms. The molecule has 0 fully saturated rings. The average Bonchev–Trinajstić information content (AvgIpc) is 2.80. The molecule has 1 atom stereocenters. The molecule has 5 nitrogen and oxygen atoms in total. The van der Waals surface area contributed by atoms with E-state index in [0.717, 1.165) is 36.2 Å². The van der Waals surface area contributed by atoms with Crippen molar-refractivity contribution in [1.29, 1.82) is 0 Å². The van der Waals surface area contributed by atoms with Crippen LogP contribution < -0.4 is 4.90 Å². The highest BCUT2D eigenvalue weighted by atomic mass is 79.9. The van der Waals surface area contributed by atoms with Crippen LogP contribution in [-0.2, 0) is 13.0 Å². The first-order valence-electron chi connectivity index (χ1n) is 9.78. The highest BCUT2D eigenvalue weighted by Gasteiger charge is 2.27. The fraction of sp³-hybridized carbons (Fsp3) is 0.409. The van der Waals surface area contributed by atoms with E-state index in [0.29, 0.717) is 25.2 Å². The smallest absolute Gasteiger partial charge is 0.256 e. The summed E-state index contributed by atoms with van der Waals surface area (Å²) in [5.41, 5.74) is 4.38. The Hall–Kier alpha value is -1.89. The quantitative estimate of drug-likeness (QED) is 0.788. The van der Waals surface area contributed by atoms with Crippen molar-refractivity contribution in [3.05, 3.63) is 63.6 Å². The fourth-order valence-corrected chi connectivity index (χ4v) is 4.51. The molecule has 0 spiro atoms. The summed E-state index contributed by atoms with van der Waals surface area (Å²) in [6, 6.07) is 14.3. The summed E-state index contributed by atoms with van der Waals surface area (Å²) in [6.07, 6.45) is 0.454. The van der Waals surface area contributed by atoms with Crippen LogP contribution >= 0.6 is 15.9 Å². The highest BCUT2D eigenvalue weighted by Crippen LogP contribution is 2.28. The molecule has 0 saturated carbocycles. The summed E-state index contributed by atoms with van der Waals surface area (Å²) >= 11 is 3.49. The topological polar surface area (TPSA) is 47.0 Å². The second-order valence-corrected chi connectivity index (χ2v) is 8.66. The number of hydrogen-bond donors (Lipinski definition) is 1. The van der Waals surface area contributed by atoms with E-state index in [1.54, 1.807) is 4.90 Å². The van der Waals surface area contributed by atoms with Crippen LogP contribution in [0.4, 0.5) is 5.69 Å². The molecule has 2 aliphatic heterocycles. The van der Waals surface area contributed by atoms with E-state index < -0.39 is 6.10 Å². The molecule has 2 aromatic rings. The maximum absolute atomic E-state index is 13.0. The number of amides is 1. The fourth-order valence-electron chi connectivity index (χ4n) is 4.16. The van der Waals surface area contributed by atoms with Gasteiger partial charge in [0, 0.05) is 50.8 Å². The minimum absolute atomic E-state index is 0.00473. The van der Waals surface area contributed by atoms with Gasteiger partial charge in [0.25, 0.3) is 5.91 Å². The van der Waals surface area contributed by atoms with Crippen molar-refractivity contribution in [2.24, 2.45) is 0 Å². The zero-order valence-electron chi connectivity index (χ0n) is 16.1. The molecular formula is C22H26BrN3O2. The molecule has 148 valence electrons. The van der Waals surface area contributed by atoms with Crippen LogP contribution in [0, 0.1) is 0 Å². The van der Waals surface area contributed by atoms with Gasteiger partial charge in [0.05, 0.1) is 17.4 Å². The van der Waals surface area contributed by atoms with Gasteiger partial charge in [-0.15, -0.1) is 0 Å². The Balaban J connectivity index is 1.41. The van der Waals surface area contributed by atoms with Crippen LogP contribution in [0.2, 0.25) is 0 Å². The SMILES string of the molecule is CN1CCN(C[C@H](O)CN2CCc3ccccc3C2)C(=O)c2ccc(Br)cc21. The lowest BCUT2D eigenvalue weighted by Gasteiger charge is -2.32. The Morgan fingerprint density at radius 1 is 1.07 bits per heavy atom. The largest absolute Gasteiger partial charge is 0.390 e. The number of hydrogen-bond acceptors (Lipinski definition) is 4. The zero-order chi connectivity index (χ0) is 19.7. The van der Waals surface area contributed by atoms with Crippen molar-refractivity contribution >= 4 is 27.5 Å². The number of carbonyl (C=O) groups is 1. The van der Waals surface area contributed by atoms with Crippen LogP contribution in [0.1, 0.15) is 21.5 Å². The normalized spacial score (nSPS) is 18.5. The first kappa shape index (κ1) is 19.4. The number of nitrogens with zero attached hydrogens (tertiary/aromatic N) is 3. The molecule has 0 unspecified atom stereocenters. The minimum Gasteiger partial charge on any atom is -0.390 e. The van der Waals surface area contributed by atoms with Gasteiger partial charge < -0.3 is 14.9 Å². The molecule has 2 heterocycles. The van der Waals surface area contributed by atoms with Gasteiger partial charge in [0.2, 0.25) is 0 Å². The van der Waals surface area contributed by atoms with Crippen LogP contribution in [0.25, 0.3) is 0 Å². The van der Waals surface area contributed by atoms with Crippen molar-refractivity contribution in [1.82, 2.24) is 9.80 Å². The van der Waals surface area contributed by atoms with Gasteiger partial charge in [-0.25, -0.2) is 0 Å². The molecule has 0 aromatic heterocycles. The molecule has 0 aliphatic carbocycles. The predicted octanol–water partition coefficient (Wildman–Crippen LogP) is 2.76. The van der Waals surface area contributed by atoms with Crippen molar-refractivity contribution in [3.8, 4) is 0 Å². The van der Waals surface area contributed by atoms with Crippen molar-refractivity contribution in [3.63, 3.8) is 0 Å². The molecule has 4 rings (SSSR count). The second kappa shape index (κ2) is 8.23. The summed E-state index contributed by atoms with van der Waals surface area (Å²) in [7, 11) is 2.00. The van der Waals surface area contributed by atoms with Crippen molar-refractivity contribution in [2.45, 2.75) is 19.1 Å². The van der Waals surface area contributed by atoms with Gasteiger partial charge in [-0.05, 0) is 35.7 Å². The second-order valence-electron chi connectivity index (χ2n) is 7.74. The van der Waals surface area contributed by atoms with Crippen molar-refractivity contribution in [2.75, 3.05) is 44.7 Å². The Bertz CT molecular complexity index is 873. The van der Waals surface area contributed by atoms with Gasteiger partial charge in [-0.2, -0.15) is 0 Å². The van der Waals surface area contributed by atoms with Gasteiger partial charge in [0.15, 0.2) is 0 Å². The number of halogens is 1. The lowest BCUT2D eigenvalue weighted by atomic mass is 10.00. The molecule has 0 radical (unpaired) electrons. The Morgan fingerprint density at radius 3 is 2.68 bits per heavy atom. The monoisotopic (exact) mass is 443 g/mol. The van der Waals surface area contributed by atoms with E-state index in [2.05, 4.69) is 50.0 Å². The lowest BCUT2D eigenvalue weighted by Crippen LogP contribution is -2.44. The number of anilines is 1. The first-order valence-corrected chi connectivity index (χ1v) is 10.6. The number of aliphatic hydroxyl groups excluding tert-OH is 1. The van der Waals surface area contributed by atoms with E-state index in [-0.39, 0.29) is 5.91 Å². The first-order chi connectivity index (χ1) is 13.5. The third-order valence-electron chi connectivity index (χ3n) is 5.70. The maximum Gasteiger partial charge on any atom is 0.256 e. The molecule has 1 amide bonds. The Kier molecular flexibility index (Phi) is 5.71. The molecule has 1 N–H and O–H groups in total. The number of benzene rings is 2. The van der Waals surface area contributed by atoms with Gasteiger partial charge in [0.1, 0.15) is 0 Å².